The topological polar surface area (TPSA) is 64.9 Å². The van der Waals surface area contributed by atoms with Crippen molar-refractivity contribution in [2.75, 3.05) is 5.73 Å². The summed E-state index contributed by atoms with van der Waals surface area (Å²) in [4.78, 5) is 8.25. The molecular weight excluding hydrogens is 270 g/mol. The molecule has 0 spiro atoms. The Bertz CT molecular complexity index is 496. The molecule has 2 aromatic rings. The van der Waals surface area contributed by atoms with Crippen molar-refractivity contribution in [3.05, 3.63) is 28.7 Å². The van der Waals surface area contributed by atoms with Crippen LogP contribution in [0.2, 0.25) is 0 Å². The van der Waals surface area contributed by atoms with Gasteiger partial charge in [-0.2, -0.15) is 0 Å². The lowest BCUT2D eigenvalue weighted by molar-refractivity contribution is 0.577. The van der Waals surface area contributed by atoms with Crippen molar-refractivity contribution in [2.24, 2.45) is 0 Å². The molecule has 5 heteroatoms. The SMILES string of the molecule is CCCc1c(N)ncnc1-c1occc1Br. The first kappa shape index (κ1) is 11.1. The van der Waals surface area contributed by atoms with Crippen LogP contribution in [0.3, 0.4) is 0 Å². The minimum absolute atomic E-state index is 0.523. The summed E-state index contributed by atoms with van der Waals surface area (Å²) in [6.45, 7) is 2.09. The summed E-state index contributed by atoms with van der Waals surface area (Å²) in [5.41, 5.74) is 7.57. The summed E-state index contributed by atoms with van der Waals surface area (Å²) < 4.78 is 6.28. The van der Waals surface area contributed by atoms with Gasteiger partial charge in [0.1, 0.15) is 17.8 Å². The van der Waals surface area contributed by atoms with E-state index in [1.54, 1.807) is 6.26 Å². The number of hydrogen-bond acceptors (Lipinski definition) is 4. The van der Waals surface area contributed by atoms with E-state index in [1.165, 1.54) is 6.33 Å². The van der Waals surface area contributed by atoms with E-state index in [9.17, 15) is 0 Å². The molecule has 0 aliphatic carbocycles. The summed E-state index contributed by atoms with van der Waals surface area (Å²) >= 11 is 3.42. The van der Waals surface area contributed by atoms with Crippen LogP contribution in [0.4, 0.5) is 5.82 Å². The number of nitrogens with zero attached hydrogens (tertiary/aromatic N) is 2. The highest BCUT2D eigenvalue weighted by Crippen LogP contribution is 2.32. The molecule has 0 aromatic carbocycles. The van der Waals surface area contributed by atoms with E-state index in [4.69, 9.17) is 10.2 Å². The van der Waals surface area contributed by atoms with Crippen LogP contribution in [0.5, 0.6) is 0 Å². The molecule has 0 aliphatic heterocycles. The third-order valence-corrected chi connectivity index (χ3v) is 2.94. The summed E-state index contributed by atoms with van der Waals surface area (Å²) in [5, 5.41) is 0. The number of nitrogen functional groups attached to an aromatic ring is 1. The Hall–Kier alpha value is -1.36. The average Bonchev–Trinajstić information content (AvgIpc) is 2.68. The molecule has 0 bridgehead atoms. The van der Waals surface area contributed by atoms with Crippen LogP contribution in [-0.4, -0.2) is 9.97 Å². The van der Waals surface area contributed by atoms with Crippen molar-refractivity contribution in [3.63, 3.8) is 0 Å². The van der Waals surface area contributed by atoms with Gasteiger partial charge in [-0.05, 0) is 28.4 Å². The number of hydrogen-bond donors (Lipinski definition) is 1. The molecule has 84 valence electrons. The molecular formula is C11H12BrN3O. The molecule has 0 unspecified atom stereocenters. The van der Waals surface area contributed by atoms with Gasteiger partial charge in [-0.3, -0.25) is 0 Å². The zero-order valence-electron chi connectivity index (χ0n) is 8.90. The standard InChI is InChI=1S/C11H12BrN3O/c1-2-3-7-9(14-6-15-11(7)13)10-8(12)4-5-16-10/h4-6H,2-3H2,1H3,(H2,13,14,15). The van der Waals surface area contributed by atoms with Gasteiger partial charge in [-0.25, -0.2) is 9.97 Å². The lowest BCUT2D eigenvalue weighted by Gasteiger charge is -2.07. The number of nitrogens with two attached hydrogens (primary N) is 1. The highest BCUT2D eigenvalue weighted by molar-refractivity contribution is 9.10. The van der Waals surface area contributed by atoms with E-state index in [0.717, 1.165) is 28.6 Å². The fraction of sp³-hybridized carbons (Fsp3) is 0.273. The van der Waals surface area contributed by atoms with Gasteiger partial charge in [-0.15, -0.1) is 0 Å². The molecule has 2 aromatic heterocycles. The maximum Gasteiger partial charge on any atom is 0.166 e. The van der Waals surface area contributed by atoms with E-state index >= 15 is 0 Å². The van der Waals surface area contributed by atoms with Gasteiger partial charge in [0.2, 0.25) is 0 Å². The molecule has 0 saturated heterocycles. The first-order valence-electron chi connectivity index (χ1n) is 5.06. The van der Waals surface area contributed by atoms with E-state index in [2.05, 4.69) is 32.8 Å². The highest BCUT2D eigenvalue weighted by Gasteiger charge is 2.15. The monoisotopic (exact) mass is 281 g/mol. The van der Waals surface area contributed by atoms with Crippen molar-refractivity contribution < 1.29 is 4.42 Å². The molecule has 0 radical (unpaired) electrons. The van der Waals surface area contributed by atoms with Crippen LogP contribution >= 0.6 is 15.9 Å². The molecule has 2 heterocycles. The Morgan fingerprint density at radius 2 is 2.25 bits per heavy atom. The summed E-state index contributed by atoms with van der Waals surface area (Å²) in [5.74, 6) is 1.23. The fourth-order valence-electron chi connectivity index (χ4n) is 1.58. The van der Waals surface area contributed by atoms with Crippen LogP contribution in [-0.2, 0) is 6.42 Å². The van der Waals surface area contributed by atoms with Crippen LogP contribution in [0.25, 0.3) is 11.5 Å². The lowest BCUT2D eigenvalue weighted by atomic mass is 10.1. The van der Waals surface area contributed by atoms with Crippen LogP contribution in [0.1, 0.15) is 18.9 Å². The van der Waals surface area contributed by atoms with Gasteiger partial charge in [-0.1, -0.05) is 13.3 Å². The fourth-order valence-corrected chi connectivity index (χ4v) is 1.97. The van der Waals surface area contributed by atoms with Crippen LogP contribution < -0.4 is 5.73 Å². The summed E-state index contributed by atoms with van der Waals surface area (Å²) in [7, 11) is 0. The van der Waals surface area contributed by atoms with Crippen molar-refractivity contribution in [1.82, 2.24) is 9.97 Å². The van der Waals surface area contributed by atoms with Gasteiger partial charge in [0.05, 0.1) is 10.7 Å². The van der Waals surface area contributed by atoms with Gasteiger partial charge in [0, 0.05) is 5.56 Å². The first-order chi connectivity index (χ1) is 7.74. The molecule has 4 nitrogen and oxygen atoms in total. The van der Waals surface area contributed by atoms with Crippen molar-refractivity contribution in [1.29, 1.82) is 0 Å². The van der Waals surface area contributed by atoms with E-state index < -0.39 is 0 Å². The maximum absolute atomic E-state index is 5.86. The molecule has 16 heavy (non-hydrogen) atoms. The van der Waals surface area contributed by atoms with Gasteiger partial charge < -0.3 is 10.2 Å². The Morgan fingerprint density at radius 3 is 2.88 bits per heavy atom. The number of anilines is 1. The molecule has 0 aliphatic rings. The predicted molar refractivity (Wildman–Crippen MR) is 65.8 cm³/mol. The summed E-state index contributed by atoms with van der Waals surface area (Å²) in [6.07, 6.45) is 4.91. The molecule has 0 fully saturated rings. The number of furan rings is 1. The van der Waals surface area contributed by atoms with E-state index in [1.807, 2.05) is 6.07 Å². The number of rotatable bonds is 3. The van der Waals surface area contributed by atoms with Gasteiger partial charge in [0.15, 0.2) is 5.76 Å². The van der Waals surface area contributed by atoms with Gasteiger partial charge in [0.25, 0.3) is 0 Å². The molecule has 2 rings (SSSR count). The smallest absolute Gasteiger partial charge is 0.166 e. The maximum atomic E-state index is 5.86. The van der Waals surface area contributed by atoms with E-state index in [-0.39, 0.29) is 0 Å². The third kappa shape index (κ3) is 1.95. The summed E-state index contributed by atoms with van der Waals surface area (Å²) in [6, 6.07) is 1.84. The minimum atomic E-state index is 0.523. The van der Waals surface area contributed by atoms with E-state index in [0.29, 0.717) is 11.6 Å². The lowest BCUT2D eigenvalue weighted by Crippen LogP contribution is -2.02. The molecule has 0 amide bonds. The Morgan fingerprint density at radius 1 is 1.44 bits per heavy atom. The van der Waals surface area contributed by atoms with Crippen molar-refractivity contribution in [3.8, 4) is 11.5 Å². The van der Waals surface area contributed by atoms with Crippen LogP contribution in [0.15, 0.2) is 27.5 Å². The van der Waals surface area contributed by atoms with Crippen molar-refractivity contribution in [2.45, 2.75) is 19.8 Å². The Balaban J connectivity index is 2.56. The van der Waals surface area contributed by atoms with Crippen LogP contribution in [0, 0.1) is 0 Å². The van der Waals surface area contributed by atoms with Gasteiger partial charge >= 0.3 is 0 Å². The highest BCUT2D eigenvalue weighted by atomic mass is 79.9. The second-order valence-corrected chi connectivity index (χ2v) is 4.29. The zero-order valence-corrected chi connectivity index (χ0v) is 10.5. The second kappa shape index (κ2) is 4.65. The normalized spacial score (nSPS) is 10.6. The largest absolute Gasteiger partial charge is 0.461 e. The Kier molecular flexibility index (Phi) is 3.24. The predicted octanol–water partition coefficient (Wildman–Crippen LogP) is 3.03. The average molecular weight is 282 g/mol. The molecule has 0 saturated carbocycles. The van der Waals surface area contributed by atoms with Crippen molar-refractivity contribution >= 4 is 21.7 Å². The molecule has 2 N–H and O–H groups in total. The second-order valence-electron chi connectivity index (χ2n) is 3.43. The Labute approximate surface area is 102 Å². The number of aromatic nitrogens is 2. The minimum Gasteiger partial charge on any atom is -0.461 e. The quantitative estimate of drug-likeness (QED) is 0.939. The third-order valence-electron chi connectivity index (χ3n) is 2.31. The first-order valence-corrected chi connectivity index (χ1v) is 5.86. The number of halogens is 1. The zero-order chi connectivity index (χ0) is 11.5. The molecule has 0 atom stereocenters.